The predicted molar refractivity (Wildman–Crippen MR) is 77.4 cm³/mol. The van der Waals surface area contributed by atoms with Crippen LogP contribution >= 0.6 is 11.6 Å². The molecule has 0 heterocycles. The first-order valence-corrected chi connectivity index (χ1v) is 6.82. The molecule has 4 nitrogen and oxygen atoms in total. The molecule has 0 aliphatic heterocycles. The molecule has 0 radical (unpaired) electrons. The predicted octanol–water partition coefficient (Wildman–Crippen LogP) is 2.87. The lowest BCUT2D eigenvalue weighted by Gasteiger charge is -2.14. The molecule has 0 bridgehead atoms. The fraction of sp³-hybridized carbons (Fsp3) is 0.571. The molecule has 0 atom stereocenters. The van der Waals surface area contributed by atoms with Crippen molar-refractivity contribution in [3.8, 4) is 11.5 Å². The van der Waals surface area contributed by atoms with Crippen LogP contribution in [0.2, 0.25) is 5.02 Å². The van der Waals surface area contributed by atoms with E-state index in [1.807, 2.05) is 26.1 Å². The Morgan fingerprint density at radius 2 is 2.05 bits per heavy atom. The number of halogens is 1. The lowest BCUT2D eigenvalue weighted by atomic mass is 10.2. The van der Waals surface area contributed by atoms with E-state index in [0.29, 0.717) is 29.7 Å². The maximum atomic E-state index is 6.23. The summed E-state index contributed by atoms with van der Waals surface area (Å²) in [5.41, 5.74) is 1.06. The first-order valence-electron chi connectivity index (χ1n) is 6.44. The molecule has 1 rings (SSSR count). The lowest BCUT2D eigenvalue weighted by molar-refractivity contribution is 0.130. The standard InChI is InChI=1S/C14H22ClNO3/c1-4-18-6-5-7-19-14-12(15)8-11(10-16-2)9-13(14)17-3/h8-9,16H,4-7,10H2,1-3H3. The third-order valence-corrected chi connectivity index (χ3v) is 2.83. The van der Waals surface area contributed by atoms with Crippen LogP contribution in [0.15, 0.2) is 12.1 Å². The van der Waals surface area contributed by atoms with Gasteiger partial charge in [0, 0.05) is 26.2 Å². The molecule has 0 spiro atoms. The minimum Gasteiger partial charge on any atom is -0.493 e. The molecule has 0 saturated heterocycles. The lowest BCUT2D eigenvalue weighted by Crippen LogP contribution is -2.07. The van der Waals surface area contributed by atoms with Crippen LogP contribution in [0.25, 0.3) is 0 Å². The Labute approximate surface area is 120 Å². The van der Waals surface area contributed by atoms with Crippen LogP contribution in [-0.2, 0) is 11.3 Å². The maximum absolute atomic E-state index is 6.23. The van der Waals surface area contributed by atoms with E-state index in [0.717, 1.165) is 25.1 Å². The number of methoxy groups -OCH3 is 1. The first-order chi connectivity index (χ1) is 9.22. The summed E-state index contributed by atoms with van der Waals surface area (Å²) in [5.74, 6) is 1.26. The quantitative estimate of drug-likeness (QED) is 0.709. The molecule has 19 heavy (non-hydrogen) atoms. The molecule has 0 aliphatic carbocycles. The molecule has 0 amide bonds. The van der Waals surface area contributed by atoms with E-state index in [9.17, 15) is 0 Å². The highest BCUT2D eigenvalue weighted by Gasteiger charge is 2.11. The summed E-state index contributed by atoms with van der Waals surface area (Å²) in [6, 6.07) is 3.82. The van der Waals surface area contributed by atoms with Crippen LogP contribution in [0.1, 0.15) is 18.9 Å². The normalized spacial score (nSPS) is 10.5. The van der Waals surface area contributed by atoms with Crippen LogP contribution in [0, 0.1) is 0 Å². The Morgan fingerprint density at radius 1 is 1.26 bits per heavy atom. The van der Waals surface area contributed by atoms with E-state index >= 15 is 0 Å². The van der Waals surface area contributed by atoms with Crippen molar-refractivity contribution in [3.05, 3.63) is 22.7 Å². The molecule has 5 heteroatoms. The highest BCUT2D eigenvalue weighted by atomic mass is 35.5. The van der Waals surface area contributed by atoms with Crippen molar-refractivity contribution in [3.63, 3.8) is 0 Å². The zero-order chi connectivity index (χ0) is 14.1. The molecular formula is C14H22ClNO3. The van der Waals surface area contributed by atoms with Gasteiger partial charge in [0.1, 0.15) is 0 Å². The number of hydrogen-bond acceptors (Lipinski definition) is 4. The van der Waals surface area contributed by atoms with Gasteiger partial charge in [0.15, 0.2) is 11.5 Å². The van der Waals surface area contributed by atoms with E-state index in [2.05, 4.69) is 5.32 Å². The fourth-order valence-corrected chi connectivity index (χ4v) is 1.99. The van der Waals surface area contributed by atoms with Gasteiger partial charge in [-0.05, 0) is 31.7 Å². The van der Waals surface area contributed by atoms with Crippen molar-refractivity contribution >= 4 is 11.6 Å². The van der Waals surface area contributed by atoms with Gasteiger partial charge in [-0.15, -0.1) is 0 Å². The van der Waals surface area contributed by atoms with Crippen LogP contribution in [-0.4, -0.2) is 34.0 Å². The molecule has 0 fully saturated rings. The van der Waals surface area contributed by atoms with Gasteiger partial charge in [-0.25, -0.2) is 0 Å². The molecule has 1 aromatic carbocycles. The van der Waals surface area contributed by atoms with Gasteiger partial charge in [-0.1, -0.05) is 11.6 Å². The van der Waals surface area contributed by atoms with E-state index < -0.39 is 0 Å². The smallest absolute Gasteiger partial charge is 0.179 e. The second-order valence-corrected chi connectivity index (χ2v) is 4.45. The Morgan fingerprint density at radius 3 is 2.68 bits per heavy atom. The Bertz CT molecular complexity index is 385. The molecule has 0 aliphatic rings. The van der Waals surface area contributed by atoms with Crippen LogP contribution in [0.4, 0.5) is 0 Å². The summed E-state index contributed by atoms with van der Waals surface area (Å²) in [7, 11) is 3.50. The molecule has 1 N–H and O–H groups in total. The summed E-state index contributed by atoms with van der Waals surface area (Å²) < 4.78 is 16.3. The summed E-state index contributed by atoms with van der Waals surface area (Å²) in [4.78, 5) is 0. The summed E-state index contributed by atoms with van der Waals surface area (Å²) in [5, 5.41) is 3.65. The number of rotatable bonds is 9. The number of ether oxygens (including phenoxy) is 3. The Kier molecular flexibility index (Phi) is 7.63. The highest BCUT2D eigenvalue weighted by Crippen LogP contribution is 2.36. The van der Waals surface area contributed by atoms with Crippen LogP contribution in [0.3, 0.4) is 0 Å². The highest BCUT2D eigenvalue weighted by molar-refractivity contribution is 6.32. The average molecular weight is 288 g/mol. The van der Waals surface area contributed by atoms with E-state index in [1.54, 1.807) is 7.11 Å². The average Bonchev–Trinajstić information content (AvgIpc) is 2.40. The third kappa shape index (κ3) is 5.27. The van der Waals surface area contributed by atoms with Crippen molar-refractivity contribution in [2.24, 2.45) is 0 Å². The first kappa shape index (κ1) is 16.1. The van der Waals surface area contributed by atoms with Crippen molar-refractivity contribution in [1.29, 1.82) is 0 Å². The zero-order valence-electron chi connectivity index (χ0n) is 11.8. The van der Waals surface area contributed by atoms with Crippen molar-refractivity contribution in [2.75, 3.05) is 34.0 Å². The monoisotopic (exact) mass is 287 g/mol. The van der Waals surface area contributed by atoms with Gasteiger partial charge < -0.3 is 19.5 Å². The molecule has 0 saturated carbocycles. The fourth-order valence-electron chi connectivity index (χ4n) is 1.70. The van der Waals surface area contributed by atoms with Gasteiger partial charge >= 0.3 is 0 Å². The van der Waals surface area contributed by atoms with Gasteiger partial charge in [0.05, 0.1) is 18.7 Å². The molecule has 0 unspecified atom stereocenters. The van der Waals surface area contributed by atoms with Gasteiger partial charge in [0.25, 0.3) is 0 Å². The molecule has 108 valence electrons. The number of hydrogen-bond donors (Lipinski definition) is 1. The van der Waals surface area contributed by atoms with Crippen molar-refractivity contribution in [1.82, 2.24) is 5.32 Å². The zero-order valence-corrected chi connectivity index (χ0v) is 12.5. The summed E-state index contributed by atoms with van der Waals surface area (Å²) >= 11 is 6.23. The van der Waals surface area contributed by atoms with Crippen LogP contribution in [0.5, 0.6) is 11.5 Å². The summed E-state index contributed by atoms with van der Waals surface area (Å²) in [6.07, 6.45) is 0.825. The van der Waals surface area contributed by atoms with Gasteiger partial charge in [-0.2, -0.15) is 0 Å². The maximum Gasteiger partial charge on any atom is 0.179 e. The SMILES string of the molecule is CCOCCCOc1c(Cl)cc(CNC)cc1OC. The number of nitrogens with one attached hydrogen (secondary N) is 1. The Balaban J connectivity index is 2.65. The molecule has 0 aromatic heterocycles. The van der Waals surface area contributed by atoms with E-state index in [1.165, 1.54) is 0 Å². The van der Waals surface area contributed by atoms with Crippen molar-refractivity contribution < 1.29 is 14.2 Å². The summed E-state index contributed by atoms with van der Waals surface area (Å²) in [6.45, 7) is 4.68. The Hall–Kier alpha value is -0.970. The van der Waals surface area contributed by atoms with Gasteiger partial charge in [-0.3, -0.25) is 0 Å². The van der Waals surface area contributed by atoms with Gasteiger partial charge in [0.2, 0.25) is 0 Å². The van der Waals surface area contributed by atoms with E-state index in [-0.39, 0.29) is 0 Å². The minimum atomic E-state index is 0.557. The third-order valence-electron chi connectivity index (χ3n) is 2.55. The van der Waals surface area contributed by atoms with E-state index in [4.69, 9.17) is 25.8 Å². The molecular weight excluding hydrogens is 266 g/mol. The minimum absolute atomic E-state index is 0.557. The second kappa shape index (κ2) is 9.02. The number of benzene rings is 1. The van der Waals surface area contributed by atoms with Crippen LogP contribution < -0.4 is 14.8 Å². The topological polar surface area (TPSA) is 39.7 Å². The largest absolute Gasteiger partial charge is 0.493 e. The molecule has 1 aromatic rings. The van der Waals surface area contributed by atoms with Crippen molar-refractivity contribution in [2.45, 2.75) is 19.9 Å². The second-order valence-electron chi connectivity index (χ2n) is 4.04.